The second-order valence-electron chi connectivity index (χ2n) is 13.8. The molecule has 0 aliphatic heterocycles. The van der Waals surface area contributed by atoms with Crippen molar-refractivity contribution in [2.24, 2.45) is 0 Å². The molecular weight excluding hydrogens is 655 g/mol. The Bertz CT molecular complexity index is 2880. The Balaban J connectivity index is 0.968. The average molecular weight is 690 g/mol. The van der Waals surface area contributed by atoms with Gasteiger partial charge in [-0.1, -0.05) is 164 Å². The smallest absolute Gasteiger partial charge is 0.135 e. The second-order valence-corrected chi connectivity index (χ2v) is 13.8. The minimum Gasteiger partial charge on any atom is -0.456 e. The van der Waals surface area contributed by atoms with Crippen LogP contribution in [0.2, 0.25) is 0 Å². The fourth-order valence-corrected chi connectivity index (χ4v) is 7.68. The predicted molar refractivity (Wildman–Crippen MR) is 228 cm³/mol. The number of hydrogen-bond donors (Lipinski definition) is 0. The summed E-state index contributed by atoms with van der Waals surface area (Å²) < 4.78 is 6.10. The third-order valence-corrected chi connectivity index (χ3v) is 10.5. The van der Waals surface area contributed by atoms with Crippen molar-refractivity contribution in [3.63, 3.8) is 0 Å². The molecule has 0 atom stereocenters. The van der Waals surface area contributed by atoms with Gasteiger partial charge in [0.25, 0.3) is 0 Å². The van der Waals surface area contributed by atoms with Gasteiger partial charge >= 0.3 is 0 Å². The van der Waals surface area contributed by atoms with Crippen LogP contribution < -0.4 is 4.90 Å². The fourth-order valence-electron chi connectivity index (χ4n) is 7.68. The van der Waals surface area contributed by atoms with Gasteiger partial charge in [-0.3, -0.25) is 0 Å². The van der Waals surface area contributed by atoms with Gasteiger partial charge in [-0.2, -0.15) is 0 Å². The molecule has 0 aliphatic carbocycles. The summed E-state index contributed by atoms with van der Waals surface area (Å²) in [6.45, 7) is 0. The molecule has 0 saturated heterocycles. The van der Waals surface area contributed by atoms with Crippen molar-refractivity contribution in [3.8, 4) is 44.5 Å². The van der Waals surface area contributed by atoms with Crippen LogP contribution in [0, 0.1) is 0 Å². The van der Waals surface area contributed by atoms with E-state index in [1.54, 1.807) is 0 Å². The van der Waals surface area contributed by atoms with Crippen molar-refractivity contribution >= 4 is 49.8 Å². The zero-order valence-electron chi connectivity index (χ0n) is 29.6. The Labute approximate surface area is 314 Å². The first-order valence-corrected chi connectivity index (χ1v) is 18.4. The first kappa shape index (κ1) is 31.6. The van der Waals surface area contributed by atoms with E-state index in [0.29, 0.717) is 0 Å². The lowest BCUT2D eigenvalue weighted by Gasteiger charge is -2.27. The molecule has 0 fully saturated rings. The van der Waals surface area contributed by atoms with Gasteiger partial charge in [0.2, 0.25) is 0 Å². The number of nitrogens with zero attached hydrogens (tertiary/aromatic N) is 1. The maximum Gasteiger partial charge on any atom is 0.135 e. The summed E-state index contributed by atoms with van der Waals surface area (Å²) in [5.41, 5.74) is 14.7. The van der Waals surface area contributed by atoms with Gasteiger partial charge in [0.15, 0.2) is 0 Å². The van der Waals surface area contributed by atoms with Crippen molar-refractivity contribution in [1.82, 2.24) is 0 Å². The van der Waals surface area contributed by atoms with Gasteiger partial charge in [0.05, 0.1) is 5.69 Å². The molecule has 10 aromatic rings. The highest BCUT2D eigenvalue weighted by Crippen LogP contribution is 2.41. The van der Waals surface area contributed by atoms with Gasteiger partial charge in [-0.15, -0.1) is 0 Å². The van der Waals surface area contributed by atoms with Crippen molar-refractivity contribution in [1.29, 1.82) is 0 Å². The summed E-state index contributed by atoms with van der Waals surface area (Å²) in [6, 6.07) is 75.9. The van der Waals surface area contributed by atoms with Crippen LogP contribution in [0.5, 0.6) is 0 Å². The van der Waals surface area contributed by atoms with E-state index >= 15 is 0 Å². The molecule has 1 heterocycles. The van der Waals surface area contributed by atoms with Crippen molar-refractivity contribution in [3.05, 3.63) is 212 Å². The average Bonchev–Trinajstić information content (AvgIpc) is 3.63. The van der Waals surface area contributed by atoms with E-state index < -0.39 is 0 Å². The van der Waals surface area contributed by atoms with Crippen LogP contribution in [0.25, 0.3) is 77.2 Å². The lowest BCUT2D eigenvalue weighted by molar-refractivity contribution is 0.669. The minimum atomic E-state index is 0.909. The van der Waals surface area contributed by atoms with Crippen molar-refractivity contribution in [2.75, 3.05) is 4.90 Å². The molecule has 0 radical (unpaired) electrons. The first-order chi connectivity index (χ1) is 26.7. The van der Waals surface area contributed by atoms with E-state index in [4.69, 9.17) is 4.42 Å². The molecule has 0 amide bonds. The molecule has 0 bridgehead atoms. The number of benzene rings is 9. The molecule has 54 heavy (non-hydrogen) atoms. The summed E-state index contributed by atoms with van der Waals surface area (Å²) in [5, 5.41) is 4.69. The summed E-state index contributed by atoms with van der Waals surface area (Å²) in [7, 11) is 0. The fraction of sp³-hybridized carbons (Fsp3) is 0. The van der Waals surface area contributed by atoms with Crippen LogP contribution in [-0.2, 0) is 0 Å². The first-order valence-electron chi connectivity index (χ1n) is 18.4. The minimum absolute atomic E-state index is 0.909. The molecule has 0 saturated carbocycles. The maximum atomic E-state index is 6.10. The Morgan fingerprint density at radius 3 is 1.31 bits per heavy atom. The van der Waals surface area contributed by atoms with Crippen LogP contribution in [0.15, 0.2) is 217 Å². The lowest BCUT2D eigenvalue weighted by Crippen LogP contribution is -2.10. The van der Waals surface area contributed by atoms with E-state index in [-0.39, 0.29) is 0 Å². The standard InChI is InChI=1S/C52H35NO/c1-2-9-36(10-3-1)37-17-19-38(20-18-37)39-21-23-40(24-22-39)41-25-30-45(31-26-41)53(50-15-8-12-43-11-4-5-13-47(43)50)46-32-27-42(28-33-46)44-29-34-52-49(35-44)48-14-6-7-16-51(48)54-52/h1-35H. The van der Waals surface area contributed by atoms with Gasteiger partial charge < -0.3 is 9.32 Å². The summed E-state index contributed by atoms with van der Waals surface area (Å²) in [6.07, 6.45) is 0. The number of para-hydroxylation sites is 1. The monoisotopic (exact) mass is 689 g/mol. The third-order valence-electron chi connectivity index (χ3n) is 10.5. The van der Waals surface area contributed by atoms with Crippen LogP contribution in [0.1, 0.15) is 0 Å². The summed E-state index contributed by atoms with van der Waals surface area (Å²) in [4.78, 5) is 2.37. The van der Waals surface area contributed by atoms with Crippen LogP contribution in [-0.4, -0.2) is 0 Å². The van der Waals surface area contributed by atoms with Gasteiger partial charge in [0.1, 0.15) is 11.2 Å². The molecule has 0 spiro atoms. The van der Waals surface area contributed by atoms with E-state index in [0.717, 1.165) is 50.1 Å². The summed E-state index contributed by atoms with van der Waals surface area (Å²) in [5.74, 6) is 0. The molecule has 9 aromatic carbocycles. The van der Waals surface area contributed by atoms with Crippen LogP contribution in [0.3, 0.4) is 0 Å². The van der Waals surface area contributed by atoms with Gasteiger partial charge in [-0.25, -0.2) is 0 Å². The predicted octanol–water partition coefficient (Wildman–Crippen LogP) is 14.9. The number of hydrogen-bond acceptors (Lipinski definition) is 2. The highest BCUT2D eigenvalue weighted by atomic mass is 16.3. The summed E-state index contributed by atoms with van der Waals surface area (Å²) >= 11 is 0. The largest absolute Gasteiger partial charge is 0.456 e. The highest BCUT2D eigenvalue weighted by Gasteiger charge is 2.16. The number of fused-ring (bicyclic) bond motifs is 4. The van der Waals surface area contributed by atoms with E-state index in [1.807, 2.05) is 12.1 Å². The van der Waals surface area contributed by atoms with Crippen molar-refractivity contribution in [2.45, 2.75) is 0 Å². The Hall–Kier alpha value is -7.16. The van der Waals surface area contributed by atoms with E-state index in [1.165, 1.54) is 44.2 Å². The SMILES string of the molecule is c1ccc(-c2ccc(-c3ccc(-c4ccc(N(c5ccc(-c6ccc7oc8ccccc8c7c6)cc5)c5cccc6ccccc56)cc4)cc3)cc2)cc1. The molecule has 2 heteroatoms. The van der Waals surface area contributed by atoms with Gasteiger partial charge in [0, 0.05) is 27.5 Å². The van der Waals surface area contributed by atoms with Gasteiger partial charge in [-0.05, 0) is 98.4 Å². The number of rotatable bonds is 7. The van der Waals surface area contributed by atoms with E-state index in [9.17, 15) is 0 Å². The topological polar surface area (TPSA) is 16.4 Å². The van der Waals surface area contributed by atoms with Crippen LogP contribution >= 0.6 is 0 Å². The second kappa shape index (κ2) is 13.4. The molecule has 1 aromatic heterocycles. The molecule has 0 N–H and O–H groups in total. The van der Waals surface area contributed by atoms with Crippen molar-refractivity contribution < 1.29 is 4.42 Å². The van der Waals surface area contributed by atoms with E-state index in [2.05, 4.69) is 205 Å². The number of furan rings is 1. The third kappa shape index (κ3) is 5.81. The Morgan fingerprint density at radius 2 is 0.704 bits per heavy atom. The Morgan fingerprint density at radius 1 is 0.278 bits per heavy atom. The van der Waals surface area contributed by atoms with Crippen LogP contribution in [0.4, 0.5) is 17.1 Å². The lowest BCUT2D eigenvalue weighted by atomic mass is 9.98. The quantitative estimate of drug-likeness (QED) is 0.166. The number of anilines is 3. The molecule has 0 unspecified atom stereocenters. The maximum absolute atomic E-state index is 6.10. The zero-order chi connectivity index (χ0) is 35.8. The molecular formula is C52H35NO. The highest BCUT2D eigenvalue weighted by molar-refractivity contribution is 6.06. The molecule has 254 valence electrons. The normalized spacial score (nSPS) is 11.3. The molecule has 0 aliphatic rings. The molecule has 2 nitrogen and oxygen atoms in total. The molecule has 10 rings (SSSR count). The Kier molecular flexibility index (Phi) is 7.85. The zero-order valence-corrected chi connectivity index (χ0v) is 29.6.